The summed E-state index contributed by atoms with van der Waals surface area (Å²) in [7, 11) is 1.68. The topological polar surface area (TPSA) is 46.5 Å². The number of carboxylic acid groups (broad SMARTS) is 1. The normalized spacial score (nSPS) is 16.6. The van der Waals surface area contributed by atoms with Gasteiger partial charge in [0.2, 0.25) is 0 Å². The molecule has 1 aliphatic rings. The Morgan fingerprint density at radius 1 is 1.08 bits per heavy atom. The molecular weight excluding hydrogens is 300 g/mol. The van der Waals surface area contributed by atoms with E-state index in [1.54, 1.807) is 13.2 Å². The highest BCUT2D eigenvalue weighted by molar-refractivity contribution is 5.87. The number of ether oxygens (including phenoxy) is 1. The van der Waals surface area contributed by atoms with Crippen molar-refractivity contribution in [2.24, 2.45) is 0 Å². The van der Waals surface area contributed by atoms with E-state index in [0.29, 0.717) is 5.56 Å². The maximum Gasteiger partial charge on any atom is 0.335 e. The SMILES string of the molecule is COc1ccc(C2(c3cccc(C(=O)O)c3)CCCCC2)c(C)c1. The lowest BCUT2D eigenvalue weighted by atomic mass is 9.64. The van der Waals surface area contributed by atoms with E-state index >= 15 is 0 Å². The predicted molar refractivity (Wildman–Crippen MR) is 95.0 cm³/mol. The van der Waals surface area contributed by atoms with Gasteiger partial charge >= 0.3 is 5.97 Å². The molecule has 0 aromatic heterocycles. The number of aryl methyl sites for hydroxylation is 1. The Bertz CT molecular complexity index is 742. The minimum absolute atomic E-state index is 0.0972. The van der Waals surface area contributed by atoms with Gasteiger partial charge in [0.05, 0.1) is 12.7 Å². The van der Waals surface area contributed by atoms with E-state index in [2.05, 4.69) is 25.1 Å². The van der Waals surface area contributed by atoms with Gasteiger partial charge in [0.25, 0.3) is 0 Å². The summed E-state index contributed by atoms with van der Waals surface area (Å²) in [6.45, 7) is 2.12. The molecule has 0 atom stereocenters. The molecule has 1 N–H and O–H groups in total. The minimum Gasteiger partial charge on any atom is -0.497 e. The van der Waals surface area contributed by atoms with Crippen LogP contribution in [0.25, 0.3) is 0 Å². The molecule has 0 bridgehead atoms. The zero-order valence-electron chi connectivity index (χ0n) is 14.3. The first-order chi connectivity index (χ1) is 11.6. The van der Waals surface area contributed by atoms with E-state index in [-0.39, 0.29) is 5.41 Å². The number of hydrogen-bond acceptors (Lipinski definition) is 2. The van der Waals surface area contributed by atoms with Gasteiger partial charge in [0.1, 0.15) is 5.75 Å². The van der Waals surface area contributed by atoms with Crippen molar-refractivity contribution in [1.82, 2.24) is 0 Å². The first kappa shape index (κ1) is 16.6. The van der Waals surface area contributed by atoms with E-state index in [1.807, 2.05) is 18.2 Å². The van der Waals surface area contributed by atoms with E-state index in [0.717, 1.165) is 24.2 Å². The highest BCUT2D eigenvalue weighted by atomic mass is 16.5. The molecule has 126 valence electrons. The third-order valence-electron chi connectivity index (χ3n) is 5.32. The smallest absolute Gasteiger partial charge is 0.335 e. The van der Waals surface area contributed by atoms with Gasteiger partial charge in [0.15, 0.2) is 0 Å². The minimum atomic E-state index is -0.866. The van der Waals surface area contributed by atoms with E-state index in [9.17, 15) is 9.90 Å². The van der Waals surface area contributed by atoms with Gasteiger partial charge in [-0.15, -0.1) is 0 Å². The molecule has 3 heteroatoms. The van der Waals surface area contributed by atoms with Crippen molar-refractivity contribution in [2.45, 2.75) is 44.4 Å². The van der Waals surface area contributed by atoms with Crippen molar-refractivity contribution in [3.8, 4) is 5.75 Å². The summed E-state index contributed by atoms with van der Waals surface area (Å²) < 4.78 is 5.35. The van der Waals surface area contributed by atoms with E-state index < -0.39 is 5.97 Å². The lowest BCUT2D eigenvalue weighted by Gasteiger charge is -2.40. The number of hydrogen-bond donors (Lipinski definition) is 1. The van der Waals surface area contributed by atoms with E-state index in [1.165, 1.54) is 30.4 Å². The van der Waals surface area contributed by atoms with Crippen molar-refractivity contribution < 1.29 is 14.6 Å². The third-order valence-corrected chi connectivity index (χ3v) is 5.32. The van der Waals surface area contributed by atoms with Crippen LogP contribution in [-0.4, -0.2) is 18.2 Å². The van der Waals surface area contributed by atoms with Crippen LogP contribution in [0.2, 0.25) is 0 Å². The van der Waals surface area contributed by atoms with Gasteiger partial charge in [-0.1, -0.05) is 37.5 Å². The Morgan fingerprint density at radius 2 is 1.83 bits per heavy atom. The molecule has 0 heterocycles. The van der Waals surface area contributed by atoms with Crippen molar-refractivity contribution in [1.29, 1.82) is 0 Å². The molecule has 1 fully saturated rings. The van der Waals surface area contributed by atoms with Gasteiger partial charge in [-0.2, -0.15) is 0 Å². The fourth-order valence-corrected chi connectivity index (χ4v) is 4.12. The van der Waals surface area contributed by atoms with Gasteiger partial charge in [0, 0.05) is 5.41 Å². The quantitative estimate of drug-likeness (QED) is 0.865. The summed E-state index contributed by atoms with van der Waals surface area (Å²) >= 11 is 0. The molecule has 24 heavy (non-hydrogen) atoms. The van der Waals surface area contributed by atoms with Crippen LogP contribution in [0.1, 0.15) is 59.2 Å². The molecule has 2 aromatic carbocycles. The maximum atomic E-state index is 11.4. The van der Waals surface area contributed by atoms with Gasteiger partial charge in [-0.25, -0.2) is 4.79 Å². The Morgan fingerprint density at radius 3 is 2.46 bits per heavy atom. The highest BCUT2D eigenvalue weighted by Crippen LogP contribution is 2.46. The fraction of sp³-hybridized carbons (Fsp3) is 0.381. The molecule has 3 rings (SSSR count). The average Bonchev–Trinajstić information content (AvgIpc) is 2.62. The Hall–Kier alpha value is -2.29. The monoisotopic (exact) mass is 324 g/mol. The molecule has 0 spiro atoms. The number of aromatic carboxylic acids is 1. The lowest BCUT2D eigenvalue weighted by molar-refractivity contribution is 0.0696. The van der Waals surface area contributed by atoms with Crippen molar-refractivity contribution >= 4 is 5.97 Å². The van der Waals surface area contributed by atoms with Crippen LogP contribution in [0.3, 0.4) is 0 Å². The Balaban J connectivity index is 2.15. The zero-order chi connectivity index (χ0) is 17.2. The summed E-state index contributed by atoms with van der Waals surface area (Å²) in [5.74, 6) is -0.00393. The van der Waals surface area contributed by atoms with Crippen molar-refractivity contribution in [2.75, 3.05) is 7.11 Å². The molecule has 0 aliphatic heterocycles. The number of rotatable bonds is 4. The highest BCUT2D eigenvalue weighted by Gasteiger charge is 2.37. The summed E-state index contributed by atoms with van der Waals surface area (Å²) in [6, 6.07) is 13.7. The molecular formula is C21H24O3. The zero-order valence-corrected chi connectivity index (χ0v) is 14.3. The van der Waals surface area contributed by atoms with Gasteiger partial charge in [-0.05, 0) is 60.7 Å². The molecule has 2 aromatic rings. The van der Waals surface area contributed by atoms with Crippen LogP contribution in [0.5, 0.6) is 5.75 Å². The molecule has 3 nitrogen and oxygen atoms in total. The first-order valence-electron chi connectivity index (χ1n) is 8.56. The maximum absolute atomic E-state index is 11.4. The van der Waals surface area contributed by atoms with Crippen LogP contribution in [-0.2, 0) is 5.41 Å². The number of carbonyl (C=O) groups is 1. The first-order valence-corrected chi connectivity index (χ1v) is 8.56. The molecule has 0 radical (unpaired) electrons. The second-order valence-electron chi connectivity index (χ2n) is 6.71. The van der Waals surface area contributed by atoms with Crippen molar-refractivity contribution in [3.05, 3.63) is 64.7 Å². The summed E-state index contributed by atoms with van der Waals surface area (Å²) in [5.41, 5.74) is 3.89. The molecule has 0 unspecified atom stereocenters. The van der Waals surface area contributed by atoms with Crippen LogP contribution in [0.4, 0.5) is 0 Å². The predicted octanol–water partition coefficient (Wildman–Crippen LogP) is 4.95. The number of carboxylic acids is 1. The Labute approximate surface area is 143 Å². The largest absolute Gasteiger partial charge is 0.497 e. The molecule has 0 saturated heterocycles. The van der Waals surface area contributed by atoms with Crippen LogP contribution in [0, 0.1) is 6.92 Å². The third kappa shape index (κ3) is 2.91. The van der Waals surface area contributed by atoms with Crippen LogP contribution < -0.4 is 4.74 Å². The summed E-state index contributed by atoms with van der Waals surface area (Å²) in [5, 5.41) is 9.37. The molecule has 0 amide bonds. The summed E-state index contributed by atoms with van der Waals surface area (Å²) in [6.07, 6.45) is 5.70. The number of methoxy groups -OCH3 is 1. The summed E-state index contributed by atoms with van der Waals surface area (Å²) in [4.78, 5) is 11.4. The number of benzene rings is 2. The molecule has 1 aliphatic carbocycles. The van der Waals surface area contributed by atoms with Crippen molar-refractivity contribution in [3.63, 3.8) is 0 Å². The fourth-order valence-electron chi connectivity index (χ4n) is 4.12. The Kier molecular flexibility index (Phi) is 4.61. The van der Waals surface area contributed by atoms with Gasteiger partial charge in [-0.3, -0.25) is 0 Å². The average molecular weight is 324 g/mol. The molecule has 1 saturated carbocycles. The van der Waals surface area contributed by atoms with E-state index in [4.69, 9.17) is 4.74 Å². The second kappa shape index (κ2) is 6.68. The van der Waals surface area contributed by atoms with Crippen LogP contribution in [0.15, 0.2) is 42.5 Å². The lowest BCUT2D eigenvalue weighted by Crippen LogP contribution is -2.31. The second-order valence-corrected chi connectivity index (χ2v) is 6.71. The van der Waals surface area contributed by atoms with Crippen LogP contribution >= 0.6 is 0 Å². The standard InChI is InChI=1S/C21H24O3/c1-15-13-18(24-2)9-10-19(15)21(11-4-3-5-12-21)17-8-6-7-16(14-17)20(22)23/h6-10,13-14H,3-5,11-12H2,1-2H3,(H,22,23). The van der Waals surface area contributed by atoms with Gasteiger partial charge < -0.3 is 9.84 Å².